The van der Waals surface area contributed by atoms with Gasteiger partial charge in [-0.05, 0) is 30.7 Å². The average molecular weight is 297 g/mol. The molecule has 0 saturated carbocycles. The molecule has 1 atom stereocenters. The Morgan fingerprint density at radius 3 is 2.58 bits per heavy atom. The Labute approximate surface area is 134 Å². The van der Waals surface area contributed by atoms with E-state index >= 15 is 0 Å². The second-order valence-electron chi connectivity index (χ2n) is 4.58. The van der Waals surface area contributed by atoms with Crippen LogP contribution < -0.4 is 34.5 Å². The van der Waals surface area contributed by atoms with Crippen molar-refractivity contribution in [2.24, 2.45) is 0 Å². The maximum Gasteiger partial charge on any atom is 1.00 e. The third-order valence-electron chi connectivity index (χ3n) is 3.16. The Kier molecular flexibility index (Phi) is 4.49. The van der Waals surface area contributed by atoms with Gasteiger partial charge in [-0.2, -0.15) is 8.42 Å². The van der Waals surface area contributed by atoms with Crippen molar-refractivity contribution in [1.29, 1.82) is 0 Å². The summed E-state index contributed by atoms with van der Waals surface area (Å²) in [7, 11) is -2.87. The molecule has 1 aromatic carbocycles. The number of rotatable bonds is 2. The van der Waals surface area contributed by atoms with Crippen LogP contribution in [0.3, 0.4) is 0 Å². The van der Waals surface area contributed by atoms with Gasteiger partial charge < -0.3 is 6.33 Å². The van der Waals surface area contributed by atoms with Gasteiger partial charge in [0.1, 0.15) is 5.82 Å². The third kappa shape index (κ3) is 2.85. The van der Waals surface area contributed by atoms with Gasteiger partial charge in [-0.25, -0.2) is 4.39 Å². The van der Waals surface area contributed by atoms with Crippen molar-refractivity contribution in [3.8, 4) is 0 Å². The number of carbonyl (C=O) groups excluding carboxylic acids is 1. The van der Waals surface area contributed by atoms with Crippen LogP contribution in [0, 0.1) is 5.82 Å². The topological polar surface area (TPSA) is 74.7 Å². The number of fused-ring (bicyclic) bond motifs is 1. The molecule has 19 heavy (non-hydrogen) atoms. The summed E-state index contributed by atoms with van der Waals surface area (Å²) < 4.78 is 44.3. The summed E-state index contributed by atoms with van der Waals surface area (Å²) in [5.41, 5.74) is -0.736. The molecule has 1 aliphatic heterocycles. The normalized spacial score (nSPS) is 22.1. The van der Waals surface area contributed by atoms with Gasteiger partial charge in [0.2, 0.25) is 5.91 Å². The molecule has 1 aromatic rings. The van der Waals surface area contributed by atoms with Crippen LogP contribution in [0.25, 0.3) is 0 Å². The van der Waals surface area contributed by atoms with E-state index in [-0.39, 0.29) is 36.5 Å². The summed E-state index contributed by atoms with van der Waals surface area (Å²) in [6, 6.07) is 3.74. The number of hydrogen-bond donors (Lipinski definition) is 1. The maximum atomic E-state index is 13.3. The smallest absolute Gasteiger partial charge is 1.00 e. The Hall–Kier alpha value is -0.470. The third-order valence-corrected chi connectivity index (χ3v) is 4.10. The minimum atomic E-state index is -4.35. The summed E-state index contributed by atoms with van der Waals surface area (Å²) in [5, 5.41) is 0. The van der Waals surface area contributed by atoms with Crippen molar-refractivity contribution < 1.29 is 53.1 Å². The molecule has 0 saturated heterocycles. The van der Waals surface area contributed by atoms with Gasteiger partial charge in [0.05, 0.1) is 11.2 Å². The molecule has 1 heterocycles. The molecule has 1 unspecified atom stereocenters. The molecule has 1 aliphatic rings. The van der Waals surface area contributed by atoms with Crippen LogP contribution in [0.4, 0.5) is 10.1 Å². The van der Waals surface area contributed by atoms with Crippen LogP contribution in [0.5, 0.6) is 0 Å². The zero-order valence-corrected chi connectivity index (χ0v) is 13.7. The van der Waals surface area contributed by atoms with E-state index in [1.165, 1.54) is 31.0 Å². The number of halogens is 1. The number of carbonyl (C=O) groups is 1. The molecule has 0 aliphatic carbocycles. The first-order valence-corrected chi connectivity index (χ1v) is 6.79. The predicted molar refractivity (Wildman–Crippen MR) is 64.7 cm³/mol. The molecule has 8 heteroatoms. The maximum absolute atomic E-state index is 13.3. The van der Waals surface area contributed by atoms with Crippen LogP contribution >= 0.6 is 0 Å². The van der Waals surface area contributed by atoms with Gasteiger partial charge in [-0.3, -0.25) is 9.35 Å². The van der Waals surface area contributed by atoms with Crippen LogP contribution in [0.2, 0.25) is 0 Å². The quantitative estimate of drug-likeness (QED) is 0.509. The molecule has 0 bridgehead atoms. The average Bonchev–Trinajstić information content (AvgIpc) is 2.39. The molecule has 1 amide bonds. The molecule has 1 N–H and O–H groups in total. The molecule has 2 rings (SSSR count). The van der Waals surface area contributed by atoms with Crippen molar-refractivity contribution >= 4 is 21.7 Å². The number of anilines is 1. The van der Waals surface area contributed by atoms with Gasteiger partial charge in [0.15, 0.2) is 0 Å². The van der Waals surface area contributed by atoms with Crippen LogP contribution in [-0.2, 0) is 20.3 Å². The van der Waals surface area contributed by atoms with E-state index in [1.54, 1.807) is 0 Å². The van der Waals surface area contributed by atoms with Gasteiger partial charge in [-0.1, -0.05) is 0 Å². The standard InChI is InChI=1S/C11H12FNO4S.Na.H/c1-11(6-18(15,16)17)8-5-7(12)3-4-9(8)13(2)10(11)14;;/h3-5H,6H2,1-2H3,(H,15,16,17);;/q;+1;-1. The Morgan fingerprint density at radius 1 is 1.47 bits per heavy atom. The van der Waals surface area contributed by atoms with Crippen LogP contribution in [0.15, 0.2) is 18.2 Å². The van der Waals surface area contributed by atoms with E-state index in [9.17, 15) is 17.6 Å². The minimum absolute atomic E-state index is 0. The summed E-state index contributed by atoms with van der Waals surface area (Å²) in [6.45, 7) is 1.38. The van der Waals surface area contributed by atoms with Gasteiger partial charge in [0.25, 0.3) is 10.1 Å². The van der Waals surface area contributed by atoms with E-state index < -0.39 is 33.0 Å². The van der Waals surface area contributed by atoms with Gasteiger partial charge in [0, 0.05) is 12.7 Å². The summed E-state index contributed by atoms with van der Waals surface area (Å²) in [6.07, 6.45) is 0. The first-order valence-electron chi connectivity index (χ1n) is 5.18. The second-order valence-corrected chi connectivity index (χ2v) is 6.04. The molecule has 0 aromatic heterocycles. The Morgan fingerprint density at radius 2 is 2.05 bits per heavy atom. The first-order chi connectivity index (χ1) is 8.15. The molecular formula is C11H13FNNaO4S. The summed E-state index contributed by atoms with van der Waals surface area (Å²) in [5.74, 6) is -1.81. The molecule has 0 fully saturated rings. The monoisotopic (exact) mass is 297 g/mol. The first kappa shape index (κ1) is 16.6. The van der Waals surface area contributed by atoms with Crippen LogP contribution in [-0.4, -0.2) is 31.7 Å². The van der Waals surface area contributed by atoms with Crippen LogP contribution in [0.1, 0.15) is 13.9 Å². The number of hydrogen-bond acceptors (Lipinski definition) is 3. The van der Waals surface area contributed by atoms with E-state index in [2.05, 4.69) is 0 Å². The molecule has 5 nitrogen and oxygen atoms in total. The fraction of sp³-hybridized carbons (Fsp3) is 0.364. The van der Waals surface area contributed by atoms with Crippen molar-refractivity contribution in [2.45, 2.75) is 12.3 Å². The van der Waals surface area contributed by atoms with Crippen molar-refractivity contribution in [3.05, 3.63) is 29.6 Å². The van der Waals surface area contributed by atoms with Crippen molar-refractivity contribution in [1.82, 2.24) is 0 Å². The molecule has 0 spiro atoms. The predicted octanol–water partition coefficient (Wildman–Crippen LogP) is -1.94. The minimum Gasteiger partial charge on any atom is -1.00 e. The Bertz CT molecular complexity index is 639. The second kappa shape index (κ2) is 5.14. The largest absolute Gasteiger partial charge is 1.00 e. The molecule has 100 valence electrons. The fourth-order valence-electron chi connectivity index (χ4n) is 2.34. The number of amides is 1. The van der Waals surface area contributed by atoms with E-state index in [4.69, 9.17) is 4.55 Å². The number of nitrogens with zero attached hydrogens (tertiary/aromatic N) is 1. The molecular weight excluding hydrogens is 284 g/mol. The van der Waals surface area contributed by atoms with E-state index in [0.29, 0.717) is 5.69 Å². The molecule has 0 radical (unpaired) electrons. The van der Waals surface area contributed by atoms with E-state index in [0.717, 1.165) is 6.07 Å². The number of benzene rings is 1. The SMILES string of the molecule is CN1C(=O)C(C)(CS(=O)(=O)O)c2cc(F)ccc21.[H-].[Na+]. The van der Waals surface area contributed by atoms with Crippen molar-refractivity contribution in [2.75, 3.05) is 17.7 Å². The van der Waals surface area contributed by atoms with E-state index in [1.807, 2.05) is 0 Å². The fourth-order valence-corrected chi connectivity index (χ4v) is 3.35. The summed E-state index contributed by atoms with van der Waals surface area (Å²) in [4.78, 5) is 13.4. The zero-order chi connectivity index (χ0) is 13.7. The van der Waals surface area contributed by atoms with Crippen molar-refractivity contribution in [3.63, 3.8) is 0 Å². The summed E-state index contributed by atoms with van der Waals surface area (Å²) >= 11 is 0. The number of likely N-dealkylation sites (N-methyl/N-ethyl adjacent to an activating group) is 1. The zero-order valence-electron chi connectivity index (χ0n) is 11.8. The Balaban J connectivity index is 0.00000180. The van der Waals surface area contributed by atoms with Gasteiger partial charge >= 0.3 is 29.6 Å². The van der Waals surface area contributed by atoms with Gasteiger partial charge in [-0.15, -0.1) is 0 Å².